The van der Waals surface area contributed by atoms with Gasteiger partial charge < -0.3 is 10.2 Å². The number of benzene rings is 2. The van der Waals surface area contributed by atoms with E-state index in [9.17, 15) is 32.7 Å². The molecule has 12 heteroatoms. The standard InChI is InChI=1S/C23H23ClF2N2O2.C2HF3O2/c1-22(2,3)11-17-23(12-27,13-7-9-14(25)10-8-13)18(20(28-17)21(29)30)15-5-4-6-16(24)19(15)26;3-2(4,5)1(6)7/h4-10,17-18,20,28H,11H2,1-3H3,(H,29,30);(H,6,7). The third-order valence-electron chi connectivity index (χ3n) is 5.90. The van der Waals surface area contributed by atoms with E-state index in [2.05, 4.69) is 11.4 Å². The van der Waals surface area contributed by atoms with Gasteiger partial charge >= 0.3 is 18.1 Å². The molecule has 2 aromatic rings. The molecule has 0 amide bonds. The maximum absolute atomic E-state index is 15.1. The van der Waals surface area contributed by atoms with Crippen LogP contribution in [-0.4, -0.2) is 40.4 Å². The number of nitrogens with zero attached hydrogens (tertiary/aromatic N) is 1. The van der Waals surface area contributed by atoms with Crippen LogP contribution in [0.5, 0.6) is 0 Å². The number of hydrogen-bond acceptors (Lipinski definition) is 4. The maximum Gasteiger partial charge on any atom is 0.490 e. The van der Waals surface area contributed by atoms with Crippen LogP contribution in [0, 0.1) is 28.4 Å². The number of carboxylic acids is 2. The first-order chi connectivity index (χ1) is 17.0. The average Bonchev–Trinajstić information content (AvgIpc) is 3.09. The highest BCUT2D eigenvalue weighted by molar-refractivity contribution is 6.30. The number of carbonyl (C=O) groups is 2. The lowest BCUT2D eigenvalue weighted by Gasteiger charge is -2.37. The normalized spacial score (nSPS) is 23.5. The van der Waals surface area contributed by atoms with Crippen molar-refractivity contribution in [3.8, 4) is 6.07 Å². The zero-order valence-corrected chi connectivity index (χ0v) is 20.7. The number of rotatable bonds is 4. The Morgan fingerprint density at radius 3 is 2.05 bits per heavy atom. The molecule has 4 atom stereocenters. The predicted octanol–water partition coefficient (Wildman–Crippen LogP) is 5.66. The lowest BCUT2D eigenvalue weighted by molar-refractivity contribution is -0.192. The van der Waals surface area contributed by atoms with E-state index in [1.54, 1.807) is 0 Å². The molecule has 4 unspecified atom stereocenters. The number of hydrogen-bond donors (Lipinski definition) is 3. The smallest absolute Gasteiger partial charge is 0.480 e. The Kier molecular flexibility index (Phi) is 8.94. The molecule has 37 heavy (non-hydrogen) atoms. The topological polar surface area (TPSA) is 110 Å². The Morgan fingerprint density at radius 1 is 1.08 bits per heavy atom. The second-order valence-corrected chi connectivity index (χ2v) is 10.1. The van der Waals surface area contributed by atoms with Crippen molar-refractivity contribution >= 4 is 23.5 Å². The van der Waals surface area contributed by atoms with Crippen molar-refractivity contribution in [2.24, 2.45) is 5.41 Å². The monoisotopic (exact) mass is 546 g/mol. The third kappa shape index (κ3) is 6.56. The van der Waals surface area contributed by atoms with Gasteiger partial charge in [0.15, 0.2) is 0 Å². The molecule has 0 bridgehead atoms. The molecule has 6 nitrogen and oxygen atoms in total. The largest absolute Gasteiger partial charge is 0.490 e. The van der Waals surface area contributed by atoms with Crippen molar-refractivity contribution in [2.75, 3.05) is 0 Å². The van der Waals surface area contributed by atoms with E-state index in [1.807, 2.05) is 20.8 Å². The molecule has 200 valence electrons. The number of carboxylic acid groups (broad SMARTS) is 2. The van der Waals surface area contributed by atoms with Gasteiger partial charge in [-0.1, -0.05) is 56.6 Å². The van der Waals surface area contributed by atoms with Crippen LogP contribution in [-0.2, 0) is 15.0 Å². The van der Waals surface area contributed by atoms with Crippen LogP contribution in [0.1, 0.15) is 44.2 Å². The molecule has 3 N–H and O–H groups in total. The second kappa shape index (κ2) is 11.0. The third-order valence-corrected chi connectivity index (χ3v) is 6.19. The lowest BCUT2D eigenvalue weighted by Crippen LogP contribution is -2.44. The molecular formula is C25H24ClF5N2O4. The molecule has 1 aliphatic heterocycles. The van der Waals surface area contributed by atoms with Gasteiger partial charge in [0.25, 0.3) is 0 Å². The predicted molar refractivity (Wildman–Crippen MR) is 124 cm³/mol. The zero-order chi connectivity index (χ0) is 28.3. The summed E-state index contributed by atoms with van der Waals surface area (Å²) in [5, 5.41) is 30.5. The highest BCUT2D eigenvalue weighted by Gasteiger charge is 2.60. The summed E-state index contributed by atoms with van der Waals surface area (Å²) in [6.45, 7) is 5.93. The van der Waals surface area contributed by atoms with Crippen molar-refractivity contribution in [3.05, 3.63) is 70.2 Å². The molecule has 3 rings (SSSR count). The average molecular weight is 547 g/mol. The molecule has 0 radical (unpaired) electrons. The summed E-state index contributed by atoms with van der Waals surface area (Å²) in [4.78, 5) is 21.1. The molecule has 0 aliphatic carbocycles. The number of halogens is 6. The second-order valence-electron chi connectivity index (χ2n) is 9.71. The van der Waals surface area contributed by atoms with Gasteiger partial charge in [-0.05, 0) is 41.2 Å². The van der Waals surface area contributed by atoms with E-state index >= 15 is 4.39 Å². The van der Waals surface area contributed by atoms with Crippen LogP contribution in [0.3, 0.4) is 0 Å². The van der Waals surface area contributed by atoms with Crippen LogP contribution in [0.25, 0.3) is 0 Å². The lowest BCUT2D eigenvalue weighted by atomic mass is 9.63. The van der Waals surface area contributed by atoms with E-state index in [4.69, 9.17) is 21.5 Å². The molecule has 0 aromatic heterocycles. The van der Waals surface area contributed by atoms with Gasteiger partial charge in [-0.3, -0.25) is 10.1 Å². The van der Waals surface area contributed by atoms with Crippen molar-refractivity contribution in [3.63, 3.8) is 0 Å². The molecule has 2 aromatic carbocycles. The summed E-state index contributed by atoms with van der Waals surface area (Å²) in [5.41, 5.74) is -1.23. The van der Waals surface area contributed by atoms with Crippen LogP contribution >= 0.6 is 11.6 Å². The van der Waals surface area contributed by atoms with E-state index in [1.165, 1.54) is 42.5 Å². The summed E-state index contributed by atoms with van der Waals surface area (Å²) in [6.07, 6.45) is -4.64. The van der Waals surface area contributed by atoms with Gasteiger partial charge in [-0.25, -0.2) is 13.6 Å². The van der Waals surface area contributed by atoms with Crippen molar-refractivity contribution in [2.45, 2.75) is 56.8 Å². The zero-order valence-electron chi connectivity index (χ0n) is 19.9. The summed E-state index contributed by atoms with van der Waals surface area (Å²) in [6, 6.07) is 10.2. The molecule has 1 saturated heterocycles. The van der Waals surface area contributed by atoms with Gasteiger partial charge in [0.05, 0.1) is 11.1 Å². The van der Waals surface area contributed by atoms with E-state index in [-0.39, 0.29) is 16.0 Å². The van der Waals surface area contributed by atoms with Gasteiger partial charge in [-0.2, -0.15) is 18.4 Å². The Bertz CT molecular complexity index is 1190. The minimum absolute atomic E-state index is 0.0460. The SMILES string of the molecule is CC(C)(C)CC1NC(C(=O)O)C(c2cccc(Cl)c2F)C1(C#N)c1ccc(F)cc1.O=C(O)C(F)(F)F. The number of aliphatic carboxylic acids is 2. The first-order valence-corrected chi connectivity index (χ1v) is 11.2. The van der Waals surface area contributed by atoms with Gasteiger partial charge in [0.2, 0.25) is 0 Å². The molecule has 1 aliphatic rings. The Morgan fingerprint density at radius 2 is 1.62 bits per heavy atom. The molecule has 1 fully saturated rings. The Labute approximate surface area is 214 Å². The first-order valence-electron chi connectivity index (χ1n) is 10.9. The molecule has 0 spiro atoms. The van der Waals surface area contributed by atoms with Crippen molar-refractivity contribution in [1.29, 1.82) is 5.26 Å². The van der Waals surface area contributed by atoms with Crippen LogP contribution in [0.4, 0.5) is 22.0 Å². The van der Waals surface area contributed by atoms with E-state index < -0.39 is 53.2 Å². The fraction of sp³-hybridized carbons (Fsp3) is 0.400. The summed E-state index contributed by atoms with van der Waals surface area (Å²) < 4.78 is 60.5. The minimum Gasteiger partial charge on any atom is -0.480 e. The van der Waals surface area contributed by atoms with Gasteiger partial charge in [-0.15, -0.1) is 0 Å². The highest BCUT2D eigenvalue weighted by atomic mass is 35.5. The summed E-state index contributed by atoms with van der Waals surface area (Å²) in [7, 11) is 0. The summed E-state index contributed by atoms with van der Waals surface area (Å²) in [5.74, 6) is -6.26. The van der Waals surface area contributed by atoms with E-state index in [0.717, 1.165) is 0 Å². The Balaban J connectivity index is 0.000000604. The van der Waals surface area contributed by atoms with Crippen molar-refractivity contribution in [1.82, 2.24) is 5.32 Å². The van der Waals surface area contributed by atoms with Crippen LogP contribution in [0.15, 0.2) is 42.5 Å². The number of nitriles is 1. The number of nitrogens with one attached hydrogen (secondary N) is 1. The van der Waals surface area contributed by atoms with Crippen LogP contribution in [0.2, 0.25) is 5.02 Å². The molecular weight excluding hydrogens is 523 g/mol. The molecule has 1 heterocycles. The van der Waals surface area contributed by atoms with Crippen LogP contribution < -0.4 is 5.32 Å². The molecule has 0 saturated carbocycles. The van der Waals surface area contributed by atoms with E-state index in [0.29, 0.717) is 12.0 Å². The van der Waals surface area contributed by atoms with Gasteiger partial charge in [0.1, 0.15) is 23.1 Å². The fourth-order valence-corrected chi connectivity index (χ4v) is 4.66. The minimum atomic E-state index is -5.08. The fourth-order valence-electron chi connectivity index (χ4n) is 4.47. The quantitative estimate of drug-likeness (QED) is 0.427. The van der Waals surface area contributed by atoms with Gasteiger partial charge in [0, 0.05) is 12.0 Å². The maximum atomic E-state index is 15.1. The van der Waals surface area contributed by atoms with Crippen molar-refractivity contribution < 1.29 is 41.8 Å². The Hall–Kier alpha value is -3.23. The highest BCUT2D eigenvalue weighted by Crippen LogP contribution is 2.51. The first kappa shape index (κ1) is 30.0. The number of alkyl halides is 3. The summed E-state index contributed by atoms with van der Waals surface area (Å²) >= 11 is 5.99.